The second kappa shape index (κ2) is 9.41. The maximum absolute atomic E-state index is 10.9. The highest BCUT2D eigenvalue weighted by atomic mass is 35.5. The number of rotatable bonds is 8. The smallest absolute Gasteiger partial charge is 0.207 e. The molecule has 0 spiro atoms. The summed E-state index contributed by atoms with van der Waals surface area (Å²) in [6, 6.07) is 6.05. The molecule has 0 bridgehead atoms. The average Bonchev–Trinajstić information content (AvgIpc) is 3.11. The lowest BCUT2D eigenvalue weighted by atomic mass is 10.1. The van der Waals surface area contributed by atoms with Crippen LogP contribution in [0.15, 0.2) is 18.2 Å². The Morgan fingerprint density at radius 1 is 1.32 bits per heavy atom. The van der Waals surface area contributed by atoms with Crippen molar-refractivity contribution >= 4 is 18.0 Å². The summed E-state index contributed by atoms with van der Waals surface area (Å²) >= 11 is 6.42. The van der Waals surface area contributed by atoms with Crippen LogP contribution < -0.4 is 10.1 Å². The summed E-state index contributed by atoms with van der Waals surface area (Å²) in [5, 5.41) is 3.58. The fourth-order valence-corrected chi connectivity index (χ4v) is 3.82. The number of hydrogen-bond acceptors (Lipinski definition) is 4. The van der Waals surface area contributed by atoms with Gasteiger partial charge in [0, 0.05) is 25.4 Å². The number of benzene rings is 1. The van der Waals surface area contributed by atoms with Gasteiger partial charge in [0.1, 0.15) is 11.9 Å². The van der Waals surface area contributed by atoms with E-state index >= 15 is 0 Å². The molecular formula is C19H27ClN2O3. The first-order chi connectivity index (χ1) is 12.2. The van der Waals surface area contributed by atoms with Gasteiger partial charge in [-0.1, -0.05) is 17.7 Å². The minimum Gasteiger partial charge on any atom is -0.489 e. The first-order valence-corrected chi connectivity index (χ1v) is 9.57. The van der Waals surface area contributed by atoms with Gasteiger partial charge in [-0.25, -0.2) is 0 Å². The molecule has 6 heteroatoms. The van der Waals surface area contributed by atoms with Crippen molar-refractivity contribution in [3.05, 3.63) is 28.8 Å². The molecule has 138 valence electrons. The Balaban J connectivity index is 1.58. The number of nitrogens with zero attached hydrogens (tertiary/aromatic N) is 1. The molecule has 2 aliphatic rings. The molecule has 0 saturated carbocycles. The van der Waals surface area contributed by atoms with Crippen molar-refractivity contribution < 1.29 is 14.3 Å². The number of carbonyl (C=O) groups excluding carboxylic acids is 1. The number of ether oxygens (including phenoxy) is 2. The minimum atomic E-state index is 0.105. The van der Waals surface area contributed by atoms with Crippen LogP contribution in [0.5, 0.6) is 5.75 Å². The highest BCUT2D eigenvalue weighted by Gasteiger charge is 2.19. The van der Waals surface area contributed by atoms with E-state index in [0.29, 0.717) is 5.02 Å². The van der Waals surface area contributed by atoms with Crippen LogP contribution in [0.25, 0.3) is 0 Å². The Morgan fingerprint density at radius 2 is 2.08 bits per heavy atom. The van der Waals surface area contributed by atoms with Crippen molar-refractivity contribution in [2.75, 3.05) is 32.8 Å². The zero-order chi connectivity index (χ0) is 17.5. The van der Waals surface area contributed by atoms with Crippen molar-refractivity contribution in [2.24, 2.45) is 0 Å². The summed E-state index contributed by atoms with van der Waals surface area (Å²) in [5.41, 5.74) is 1.11. The van der Waals surface area contributed by atoms with Gasteiger partial charge in [-0.05, 0) is 50.0 Å². The zero-order valence-electron chi connectivity index (χ0n) is 14.6. The van der Waals surface area contributed by atoms with E-state index in [1.54, 1.807) is 0 Å². The van der Waals surface area contributed by atoms with Gasteiger partial charge >= 0.3 is 0 Å². The van der Waals surface area contributed by atoms with Gasteiger partial charge in [0.25, 0.3) is 0 Å². The molecule has 5 nitrogen and oxygen atoms in total. The van der Waals surface area contributed by atoms with Gasteiger partial charge in [0.05, 0.1) is 18.2 Å². The highest BCUT2D eigenvalue weighted by Crippen LogP contribution is 2.28. The van der Waals surface area contributed by atoms with E-state index in [2.05, 4.69) is 10.2 Å². The molecule has 2 heterocycles. The van der Waals surface area contributed by atoms with Gasteiger partial charge in [-0.2, -0.15) is 0 Å². The van der Waals surface area contributed by atoms with Gasteiger partial charge in [-0.3, -0.25) is 4.79 Å². The Kier molecular flexibility index (Phi) is 6.96. The van der Waals surface area contributed by atoms with Crippen LogP contribution in [-0.4, -0.2) is 56.3 Å². The number of amides is 1. The van der Waals surface area contributed by atoms with Gasteiger partial charge in [-0.15, -0.1) is 0 Å². The predicted molar refractivity (Wildman–Crippen MR) is 98.3 cm³/mol. The Hall–Kier alpha value is -1.30. The fraction of sp³-hybridized carbons (Fsp3) is 0.632. The normalized spacial score (nSPS) is 20.4. The molecule has 0 radical (unpaired) electrons. The van der Waals surface area contributed by atoms with Gasteiger partial charge < -0.3 is 19.7 Å². The maximum atomic E-state index is 10.9. The summed E-state index contributed by atoms with van der Waals surface area (Å²) in [5.74, 6) is 0.733. The quantitative estimate of drug-likeness (QED) is 0.719. The molecule has 1 aromatic carbocycles. The number of carbonyl (C=O) groups is 1. The molecule has 1 unspecified atom stereocenters. The van der Waals surface area contributed by atoms with E-state index in [0.717, 1.165) is 69.8 Å². The van der Waals surface area contributed by atoms with Gasteiger partial charge in [0.15, 0.2) is 0 Å². The number of nitrogens with one attached hydrogen (secondary N) is 1. The third-order valence-electron chi connectivity index (χ3n) is 4.92. The largest absolute Gasteiger partial charge is 0.489 e. The lowest BCUT2D eigenvalue weighted by Gasteiger charge is -2.25. The molecule has 1 atom stereocenters. The molecule has 1 aromatic rings. The standard InChI is InChI=1S/C19H27ClN2O3/c20-18-12-15(3-4-19(18)25-17-5-9-24-10-6-17)11-16(21-14-23)13-22-7-1-2-8-22/h3-4,12,14,16-17H,1-2,5-11,13H2,(H,21,23). The third-order valence-corrected chi connectivity index (χ3v) is 5.22. The molecule has 2 saturated heterocycles. The average molecular weight is 367 g/mol. The number of halogens is 1. The van der Waals surface area contributed by atoms with Crippen LogP contribution in [-0.2, 0) is 16.0 Å². The molecule has 2 fully saturated rings. The van der Waals surface area contributed by atoms with Gasteiger partial charge in [0.2, 0.25) is 6.41 Å². The van der Waals surface area contributed by atoms with E-state index in [4.69, 9.17) is 21.1 Å². The molecule has 1 amide bonds. The van der Waals surface area contributed by atoms with Crippen LogP contribution in [0.2, 0.25) is 5.02 Å². The van der Waals surface area contributed by atoms with Crippen LogP contribution in [0.1, 0.15) is 31.2 Å². The minimum absolute atomic E-state index is 0.105. The highest BCUT2D eigenvalue weighted by molar-refractivity contribution is 6.32. The van der Waals surface area contributed by atoms with Crippen molar-refractivity contribution in [1.82, 2.24) is 10.2 Å². The lowest BCUT2D eigenvalue weighted by molar-refractivity contribution is -0.110. The third kappa shape index (κ3) is 5.59. The first kappa shape index (κ1) is 18.5. The predicted octanol–water partition coefficient (Wildman–Crippen LogP) is 2.65. The summed E-state index contributed by atoms with van der Waals surface area (Å²) in [6.07, 6.45) is 6.04. The second-order valence-corrected chi connectivity index (χ2v) is 7.29. The summed E-state index contributed by atoms with van der Waals surface area (Å²) < 4.78 is 11.4. The van der Waals surface area contributed by atoms with Crippen LogP contribution in [0.4, 0.5) is 0 Å². The fourth-order valence-electron chi connectivity index (χ4n) is 3.57. The first-order valence-electron chi connectivity index (χ1n) is 9.19. The van der Waals surface area contributed by atoms with Crippen molar-refractivity contribution in [1.29, 1.82) is 0 Å². The zero-order valence-corrected chi connectivity index (χ0v) is 15.3. The molecule has 3 rings (SSSR count). The Morgan fingerprint density at radius 3 is 2.76 bits per heavy atom. The molecular weight excluding hydrogens is 340 g/mol. The topological polar surface area (TPSA) is 50.8 Å². The second-order valence-electron chi connectivity index (χ2n) is 6.89. The van der Waals surface area contributed by atoms with E-state index < -0.39 is 0 Å². The van der Waals surface area contributed by atoms with E-state index in [-0.39, 0.29) is 12.1 Å². The lowest BCUT2D eigenvalue weighted by Crippen LogP contribution is -2.40. The molecule has 0 aliphatic carbocycles. The SMILES string of the molecule is O=CNC(Cc1ccc(OC2CCOCC2)c(Cl)c1)CN1CCCC1. The van der Waals surface area contributed by atoms with E-state index in [1.165, 1.54) is 12.8 Å². The summed E-state index contributed by atoms with van der Waals surface area (Å²) in [7, 11) is 0. The van der Waals surface area contributed by atoms with Crippen LogP contribution in [0.3, 0.4) is 0 Å². The maximum Gasteiger partial charge on any atom is 0.207 e. The Bertz CT molecular complexity index is 558. The van der Waals surface area contributed by atoms with Crippen LogP contribution in [0, 0.1) is 0 Å². The molecule has 1 N–H and O–H groups in total. The van der Waals surface area contributed by atoms with E-state index in [9.17, 15) is 4.79 Å². The monoisotopic (exact) mass is 366 g/mol. The van der Waals surface area contributed by atoms with E-state index in [1.807, 2.05) is 18.2 Å². The van der Waals surface area contributed by atoms with Crippen LogP contribution >= 0.6 is 11.6 Å². The number of likely N-dealkylation sites (tertiary alicyclic amines) is 1. The summed E-state index contributed by atoms with van der Waals surface area (Å²) in [4.78, 5) is 13.3. The molecule has 2 aliphatic heterocycles. The summed E-state index contributed by atoms with van der Waals surface area (Å²) in [6.45, 7) is 4.62. The Labute approximate surface area is 154 Å². The van der Waals surface area contributed by atoms with Crippen molar-refractivity contribution in [2.45, 2.75) is 44.2 Å². The molecule has 25 heavy (non-hydrogen) atoms. The van der Waals surface area contributed by atoms with Crippen molar-refractivity contribution in [3.63, 3.8) is 0 Å². The number of hydrogen-bond donors (Lipinski definition) is 1. The van der Waals surface area contributed by atoms with Crippen molar-refractivity contribution in [3.8, 4) is 5.75 Å². The molecule has 0 aromatic heterocycles.